The van der Waals surface area contributed by atoms with Gasteiger partial charge in [0.05, 0.1) is 5.69 Å². The van der Waals surface area contributed by atoms with Gasteiger partial charge in [-0.05, 0) is 75.3 Å². The van der Waals surface area contributed by atoms with Crippen molar-refractivity contribution in [3.63, 3.8) is 0 Å². The molecule has 2 heterocycles. The molecule has 0 aliphatic rings. The van der Waals surface area contributed by atoms with Crippen molar-refractivity contribution in [2.75, 3.05) is 4.90 Å². The monoisotopic (exact) mass is 825 g/mol. The molecule has 6 rings (SSSR count). The number of hydrogen-bond acceptors (Lipinski definition) is 4. The number of anilines is 3. The molecule has 0 fully saturated rings. The standard InChI is InChI=1S/C44H44N3O.Pt/c1-30(31-17-10-8-11-18-31)33-26-39(46-40(27-33)37-28-34(43(2,3)4)29-38(42(37)48)44(5,6)7)32-19-16-22-36(25-32)47(35-20-12-9-13-21-35)41-23-14-15-24-45-41;/h8-24,26-30,48H,1-7H3;/q-1;. The van der Waals surface area contributed by atoms with E-state index in [-0.39, 0.29) is 43.6 Å². The van der Waals surface area contributed by atoms with Gasteiger partial charge in [0.25, 0.3) is 0 Å². The molecule has 0 saturated heterocycles. The van der Waals surface area contributed by atoms with Crippen LogP contribution in [0.3, 0.4) is 0 Å². The summed E-state index contributed by atoms with van der Waals surface area (Å²) in [6.45, 7) is 15.3. The van der Waals surface area contributed by atoms with Crippen LogP contribution in [0.1, 0.15) is 76.6 Å². The first kappa shape index (κ1) is 35.8. The van der Waals surface area contributed by atoms with Crippen LogP contribution in [-0.2, 0) is 31.9 Å². The third-order valence-corrected chi connectivity index (χ3v) is 8.90. The van der Waals surface area contributed by atoms with Gasteiger partial charge in [-0.2, -0.15) is 0 Å². The fourth-order valence-electron chi connectivity index (χ4n) is 6.04. The van der Waals surface area contributed by atoms with Crippen LogP contribution >= 0.6 is 0 Å². The van der Waals surface area contributed by atoms with Gasteiger partial charge in [0, 0.05) is 50.0 Å². The van der Waals surface area contributed by atoms with E-state index >= 15 is 0 Å². The van der Waals surface area contributed by atoms with E-state index in [0.717, 1.165) is 56.4 Å². The first-order chi connectivity index (χ1) is 22.9. The molecule has 0 bridgehead atoms. The maximum atomic E-state index is 11.9. The Balaban J connectivity index is 0.00000468. The molecule has 0 amide bonds. The number of para-hydroxylation sites is 1. The van der Waals surface area contributed by atoms with Gasteiger partial charge in [0.15, 0.2) is 0 Å². The van der Waals surface area contributed by atoms with Crippen molar-refractivity contribution >= 4 is 17.2 Å². The summed E-state index contributed by atoms with van der Waals surface area (Å²) in [6.07, 6.45) is 1.81. The number of phenolic OH excluding ortho intramolecular Hbond substituents is 1. The minimum absolute atomic E-state index is 0. The second-order valence-corrected chi connectivity index (χ2v) is 14.5. The van der Waals surface area contributed by atoms with Gasteiger partial charge in [-0.3, -0.25) is 4.98 Å². The smallest absolute Gasteiger partial charge is 0.136 e. The molecule has 49 heavy (non-hydrogen) atoms. The molecule has 0 spiro atoms. The van der Waals surface area contributed by atoms with E-state index in [4.69, 9.17) is 4.98 Å². The zero-order valence-corrected chi connectivity index (χ0v) is 31.6. The molecule has 5 heteroatoms. The summed E-state index contributed by atoms with van der Waals surface area (Å²) in [6, 6.07) is 45.1. The van der Waals surface area contributed by atoms with Gasteiger partial charge in [-0.25, -0.2) is 4.98 Å². The predicted octanol–water partition coefficient (Wildman–Crippen LogP) is 11.5. The van der Waals surface area contributed by atoms with E-state index in [9.17, 15) is 5.11 Å². The maximum Gasteiger partial charge on any atom is 0.136 e. The topological polar surface area (TPSA) is 49.2 Å². The van der Waals surface area contributed by atoms with Crippen LogP contribution in [0.4, 0.5) is 17.2 Å². The molecule has 252 valence electrons. The molecule has 1 atom stereocenters. The summed E-state index contributed by atoms with van der Waals surface area (Å²) in [5.41, 5.74) is 9.00. The third kappa shape index (κ3) is 7.87. The van der Waals surface area contributed by atoms with E-state index in [0.29, 0.717) is 0 Å². The number of aromatic nitrogens is 2. The van der Waals surface area contributed by atoms with Crippen LogP contribution in [0.15, 0.2) is 128 Å². The Morgan fingerprint density at radius 3 is 1.96 bits per heavy atom. The number of phenols is 1. The van der Waals surface area contributed by atoms with E-state index in [2.05, 4.69) is 137 Å². The van der Waals surface area contributed by atoms with Crippen LogP contribution in [0.25, 0.3) is 22.5 Å². The number of nitrogens with zero attached hydrogens (tertiary/aromatic N) is 3. The SMILES string of the molecule is CC(c1ccccc1)c1cc(-c2[c-]c(N(c3ccccc3)c3ccccn3)ccc2)nc(-c2cc(C(C)(C)C)cc(C(C)(C)C)c2O)c1.[Pt]. The minimum Gasteiger partial charge on any atom is -0.507 e. The quantitative estimate of drug-likeness (QED) is 0.163. The second-order valence-electron chi connectivity index (χ2n) is 14.5. The molecular formula is C44H44N3OPt-. The Bertz CT molecular complexity index is 1970. The van der Waals surface area contributed by atoms with Crippen molar-refractivity contribution < 1.29 is 26.2 Å². The minimum atomic E-state index is -0.258. The van der Waals surface area contributed by atoms with Crippen LogP contribution in [-0.4, -0.2) is 15.1 Å². The molecule has 1 N–H and O–H groups in total. The average Bonchev–Trinajstić information content (AvgIpc) is 3.08. The molecule has 0 aliphatic heterocycles. The van der Waals surface area contributed by atoms with Crippen molar-refractivity contribution in [1.82, 2.24) is 9.97 Å². The molecule has 4 nitrogen and oxygen atoms in total. The van der Waals surface area contributed by atoms with Crippen molar-refractivity contribution in [2.24, 2.45) is 0 Å². The zero-order chi connectivity index (χ0) is 34.1. The zero-order valence-electron chi connectivity index (χ0n) is 29.3. The normalized spacial score (nSPS) is 12.2. The molecule has 6 aromatic rings. The van der Waals surface area contributed by atoms with E-state index in [1.165, 1.54) is 5.56 Å². The first-order valence-electron chi connectivity index (χ1n) is 16.6. The number of aromatic hydroxyl groups is 1. The first-order valence-corrected chi connectivity index (χ1v) is 16.6. The summed E-state index contributed by atoms with van der Waals surface area (Å²) >= 11 is 0. The number of rotatable bonds is 7. The molecule has 4 aromatic carbocycles. The summed E-state index contributed by atoms with van der Waals surface area (Å²) in [5.74, 6) is 1.18. The van der Waals surface area contributed by atoms with Gasteiger partial charge in [0.1, 0.15) is 11.6 Å². The van der Waals surface area contributed by atoms with Crippen LogP contribution in [0.2, 0.25) is 0 Å². The number of hydrogen-bond donors (Lipinski definition) is 1. The fourth-order valence-corrected chi connectivity index (χ4v) is 6.04. The Hall–Kier alpha value is -4.53. The molecule has 2 aromatic heterocycles. The third-order valence-electron chi connectivity index (χ3n) is 8.90. The fraction of sp³-hybridized carbons (Fsp3) is 0.227. The van der Waals surface area contributed by atoms with Gasteiger partial charge in [-0.1, -0.05) is 115 Å². The number of pyridine rings is 2. The molecular weight excluding hydrogens is 782 g/mol. The van der Waals surface area contributed by atoms with Gasteiger partial charge >= 0.3 is 0 Å². The Labute approximate surface area is 306 Å². The van der Waals surface area contributed by atoms with E-state index in [1.54, 1.807) is 6.20 Å². The van der Waals surface area contributed by atoms with Crippen LogP contribution < -0.4 is 4.90 Å². The van der Waals surface area contributed by atoms with Crippen molar-refractivity contribution in [2.45, 2.75) is 65.2 Å². The molecule has 1 unspecified atom stereocenters. The maximum absolute atomic E-state index is 11.9. The molecule has 0 radical (unpaired) electrons. The van der Waals surface area contributed by atoms with Gasteiger partial charge in [-0.15, -0.1) is 29.8 Å². The summed E-state index contributed by atoms with van der Waals surface area (Å²) in [5, 5.41) is 11.9. The molecule has 0 saturated carbocycles. The van der Waals surface area contributed by atoms with Crippen molar-refractivity contribution in [1.29, 1.82) is 0 Å². The van der Waals surface area contributed by atoms with Gasteiger partial charge < -0.3 is 10.0 Å². The Morgan fingerprint density at radius 1 is 0.673 bits per heavy atom. The Kier molecular flexibility index (Phi) is 10.6. The average molecular weight is 826 g/mol. The van der Waals surface area contributed by atoms with Crippen molar-refractivity contribution in [3.05, 3.63) is 156 Å². The van der Waals surface area contributed by atoms with Crippen molar-refractivity contribution in [3.8, 4) is 28.3 Å². The molecule has 0 aliphatic carbocycles. The van der Waals surface area contributed by atoms with Crippen LogP contribution in [0.5, 0.6) is 5.75 Å². The van der Waals surface area contributed by atoms with Crippen LogP contribution in [0, 0.1) is 6.07 Å². The predicted molar refractivity (Wildman–Crippen MR) is 199 cm³/mol. The summed E-state index contributed by atoms with van der Waals surface area (Å²) in [7, 11) is 0. The van der Waals surface area contributed by atoms with Gasteiger partial charge in [0.2, 0.25) is 0 Å². The summed E-state index contributed by atoms with van der Waals surface area (Å²) in [4.78, 5) is 12.1. The largest absolute Gasteiger partial charge is 0.507 e. The van der Waals surface area contributed by atoms with E-state index < -0.39 is 0 Å². The second kappa shape index (κ2) is 14.5. The Morgan fingerprint density at radius 2 is 1.33 bits per heavy atom. The summed E-state index contributed by atoms with van der Waals surface area (Å²) < 4.78 is 0. The number of benzene rings is 4. The van der Waals surface area contributed by atoms with E-state index in [1.807, 2.05) is 48.5 Å².